The molecule has 2 aromatic rings. The van der Waals surface area contributed by atoms with Crippen LogP contribution in [0.15, 0.2) is 18.2 Å². The average Bonchev–Trinajstić information content (AvgIpc) is 3.13. The number of nitrogens with zero attached hydrogens (tertiary/aromatic N) is 3. The van der Waals surface area contributed by atoms with Crippen molar-refractivity contribution in [2.45, 2.75) is 73.1 Å². The highest BCUT2D eigenvalue weighted by Crippen LogP contribution is 2.38. The third kappa shape index (κ3) is 5.60. The summed E-state index contributed by atoms with van der Waals surface area (Å²) in [6.45, 7) is 10.2. The van der Waals surface area contributed by atoms with Crippen LogP contribution in [0.3, 0.4) is 0 Å². The SMILES string of the molecule is [2H]C([2H])([2H])Oc1cc(CC(C)(C)C)ccc1-n1c(CC)nc(C(=O)NCC2(C#N)CCC(C)CC2)c1F. The molecular formula is C27H37FN4O2. The van der Waals surface area contributed by atoms with E-state index in [0.717, 1.165) is 23.0 Å². The van der Waals surface area contributed by atoms with Crippen LogP contribution in [0.5, 0.6) is 5.75 Å². The number of ether oxygens (including phenoxy) is 1. The maximum atomic E-state index is 15.8. The van der Waals surface area contributed by atoms with Gasteiger partial charge < -0.3 is 10.1 Å². The molecular weight excluding hydrogens is 431 g/mol. The number of halogens is 1. The second kappa shape index (κ2) is 10.2. The summed E-state index contributed by atoms with van der Waals surface area (Å²) in [5.41, 5.74) is -0.123. The minimum Gasteiger partial charge on any atom is -0.495 e. The maximum Gasteiger partial charge on any atom is 0.274 e. The number of imidazole rings is 1. The molecule has 1 heterocycles. The second-order valence-electron chi connectivity index (χ2n) is 10.8. The van der Waals surface area contributed by atoms with E-state index in [-0.39, 0.29) is 29.2 Å². The van der Waals surface area contributed by atoms with Gasteiger partial charge >= 0.3 is 0 Å². The van der Waals surface area contributed by atoms with Gasteiger partial charge in [-0.2, -0.15) is 9.65 Å². The molecule has 1 aromatic carbocycles. The van der Waals surface area contributed by atoms with E-state index in [0.29, 0.717) is 31.6 Å². The van der Waals surface area contributed by atoms with Gasteiger partial charge in [0.15, 0.2) is 5.69 Å². The molecule has 1 aliphatic rings. The van der Waals surface area contributed by atoms with Crippen LogP contribution >= 0.6 is 0 Å². The van der Waals surface area contributed by atoms with Gasteiger partial charge in [0.05, 0.1) is 28.3 Å². The molecule has 1 fully saturated rings. The van der Waals surface area contributed by atoms with Gasteiger partial charge in [-0.1, -0.05) is 40.7 Å². The zero-order valence-corrected chi connectivity index (χ0v) is 20.8. The number of aryl methyl sites for hydroxylation is 1. The van der Waals surface area contributed by atoms with Crippen molar-refractivity contribution in [2.75, 3.05) is 13.6 Å². The summed E-state index contributed by atoms with van der Waals surface area (Å²) in [5.74, 6) is -0.834. The normalized spacial score (nSPS) is 22.3. The molecule has 6 nitrogen and oxygen atoms in total. The highest BCUT2D eigenvalue weighted by Gasteiger charge is 2.35. The molecule has 1 amide bonds. The molecule has 1 saturated carbocycles. The summed E-state index contributed by atoms with van der Waals surface area (Å²) in [5, 5.41) is 12.5. The lowest BCUT2D eigenvalue weighted by molar-refractivity contribution is 0.0918. The van der Waals surface area contributed by atoms with Crippen molar-refractivity contribution in [3.8, 4) is 17.5 Å². The lowest BCUT2D eigenvalue weighted by Crippen LogP contribution is -2.39. The van der Waals surface area contributed by atoms with Crippen molar-refractivity contribution in [2.24, 2.45) is 16.7 Å². The number of carbonyl (C=O) groups excluding carboxylic acids is 1. The molecule has 0 unspecified atom stereocenters. The minimum absolute atomic E-state index is 0.0144. The van der Waals surface area contributed by atoms with Gasteiger partial charge in [0.25, 0.3) is 5.91 Å². The minimum atomic E-state index is -2.75. The number of hydrogen-bond donors (Lipinski definition) is 1. The first-order chi connectivity index (χ1) is 17.2. The fraction of sp³-hybridized carbons (Fsp3) is 0.593. The van der Waals surface area contributed by atoms with E-state index in [1.54, 1.807) is 25.1 Å². The molecule has 184 valence electrons. The molecule has 1 aliphatic carbocycles. The zero-order valence-electron chi connectivity index (χ0n) is 23.8. The van der Waals surface area contributed by atoms with E-state index in [1.807, 2.05) is 0 Å². The smallest absolute Gasteiger partial charge is 0.274 e. The molecule has 0 saturated heterocycles. The van der Waals surface area contributed by atoms with E-state index in [9.17, 15) is 10.1 Å². The van der Waals surface area contributed by atoms with Crippen molar-refractivity contribution < 1.29 is 18.0 Å². The van der Waals surface area contributed by atoms with E-state index < -0.39 is 30.0 Å². The monoisotopic (exact) mass is 471 g/mol. The number of rotatable bonds is 7. The van der Waals surface area contributed by atoms with Crippen LogP contribution in [0.2, 0.25) is 0 Å². The molecule has 1 aromatic heterocycles. The van der Waals surface area contributed by atoms with Gasteiger partial charge in [-0.05, 0) is 61.1 Å². The first-order valence-electron chi connectivity index (χ1n) is 13.5. The average molecular weight is 472 g/mol. The van der Waals surface area contributed by atoms with Gasteiger partial charge in [0.2, 0.25) is 5.95 Å². The number of aromatic nitrogens is 2. The summed E-state index contributed by atoms with van der Waals surface area (Å²) in [6, 6.07) is 7.36. The number of hydrogen-bond acceptors (Lipinski definition) is 4. The number of benzene rings is 1. The molecule has 0 aliphatic heterocycles. The fourth-order valence-electron chi connectivity index (χ4n) is 4.59. The quantitative estimate of drug-likeness (QED) is 0.568. The standard InChI is InChI=1S/C27H37FN4O2/c1-7-22-31-23(25(33)30-17-27(16-29)12-10-18(2)11-13-27)24(28)32(22)20-9-8-19(14-21(20)34-6)15-26(3,4)5/h8-9,14,18H,7,10-13,15,17H2,1-6H3,(H,30,33)/i6D3. The van der Waals surface area contributed by atoms with E-state index in [1.165, 1.54) is 0 Å². The van der Waals surface area contributed by atoms with Crippen molar-refractivity contribution >= 4 is 5.91 Å². The van der Waals surface area contributed by atoms with E-state index in [2.05, 4.69) is 44.1 Å². The fourth-order valence-corrected chi connectivity index (χ4v) is 4.59. The van der Waals surface area contributed by atoms with Crippen LogP contribution in [0.25, 0.3) is 5.69 Å². The van der Waals surface area contributed by atoms with Crippen molar-refractivity contribution in [3.05, 3.63) is 41.2 Å². The molecule has 0 radical (unpaired) electrons. The summed E-state index contributed by atoms with van der Waals surface area (Å²) in [6.07, 6.45) is 4.12. The van der Waals surface area contributed by atoms with Crippen LogP contribution < -0.4 is 10.1 Å². The number of amides is 1. The third-order valence-corrected chi connectivity index (χ3v) is 6.59. The topological polar surface area (TPSA) is 79.9 Å². The van der Waals surface area contributed by atoms with Crippen molar-refractivity contribution in [3.63, 3.8) is 0 Å². The van der Waals surface area contributed by atoms with Crippen LogP contribution in [-0.2, 0) is 12.8 Å². The Hall–Kier alpha value is -2.88. The summed E-state index contributed by atoms with van der Waals surface area (Å²) in [7, 11) is -2.75. The first kappa shape index (κ1) is 21.6. The van der Waals surface area contributed by atoms with Crippen LogP contribution in [-0.4, -0.2) is 29.0 Å². The highest BCUT2D eigenvalue weighted by molar-refractivity contribution is 5.92. The Morgan fingerprint density at radius 1 is 1.41 bits per heavy atom. The highest BCUT2D eigenvalue weighted by atomic mass is 19.1. The Morgan fingerprint density at radius 3 is 2.71 bits per heavy atom. The predicted octanol–water partition coefficient (Wildman–Crippen LogP) is 5.62. The van der Waals surface area contributed by atoms with Crippen molar-refractivity contribution in [1.82, 2.24) is 14.9 Å². The number of nitriles is 1. The molecule has 0 bridgehead atoms. The Balaban J connectivity index is 1.96. The van der Waals surface area contributed by atoms with E-state index >= 15 is 4.39 Å². The van der Waals surface area contributed by atoms with Gasteiger partial charge in [0.1, 0.15) is 11.6 Å². The summed E-state index contributed by atoms with van der Waals surface area (Å²) in [4.78, 5) is 17.3. The van der Waals surface area contributed by atoms with Crippen LogP contribution in [0.1, 0.15) is 86.3 Å². The van der Waals surface area contributed by atoms with Crippen LogP contribution in [0.4, 0.5) is 4.39 Å². The Kier molecular flexibility index (Phi) is 6.47. The predicted molar refractivity (Wildman–Crippen MR) is 131 cm³/mol. The first-order valence-corrected chi connectivity index (χ1v) is 12.0. The van der Waals surface area contributed by atoms with Gasteiger partial charge in [-0.25, -0.2) is 4.98 Å². The Bertz CT molecular complexity index is 1170. The Morgan fingerprint density at radius 2 is 2.12 bits per heavy atom. The van der Waals surface area contributed by atoms with Crippen molar-refractivity contribution in [1.29, 1.82) is 5.26 Å². The number of methoxy groups -OCH3 is 1. The third-order valence-electron chi connectivity index (χ3n) is 6.59. The summed E-state index contributed by atoms with van der Waals surface area (Å²) < 4.78 is 45.0. The van der Waals surface area contributed by atoms with Gasteiger partial charge in [0, 0.05) is 13.0 Å². The second-order valence-corrected chi connectivity index (χ2v) is 10.8. The summed E-state index contributed by atoms with van der Waals surface area (Å²) >= 11 is 0. The molecule has 3 rings (SSSR count). The zero-order chi connectivity index (χ0) is 27.6. The van der Waals surface area contributed by atoms with Crippen LogP contribution in [0, 0.1) is 34.0 Å². The maximum absolute atomic E-state index is 15.8. The number of carbonyl (C=O) groups is 1. The van der Waals surface area contributed by atoms with Gasteiger partial charge in [-0.15, -0.1) is 0 Å². The lowest BCUT2D eigenvalue weighted by atomic mass is 9.72. The van der Waals surface area contributed by atoms with E-state index in [4.69, 9.17) is 8.85 Å². The molecule has 1 N–H and O–H groups in total. The molecule has 0 spiro atoms. The lowest BCUT2D eigenvalue weighted by Gasteiger charge is -2.33. The Labute approximate surface area is 206 Å². The van der Waals surface area contributed by atoms with Gasteiger partial charge in [-0.3, -0.25) is 9.36 Å². The molecule has 7 heteroatoms. The number of nitrogens with one attached hydrogen (secondary N) is 1. The largest absolute Gasteiger partial charge is 0.495 e. The molecule has 34 heavy (non-hydrogen) atoms. The molecule has 0 atom stereocenters.